The Hall–Kier alpha value is -1.58. The highest BCUT2D eigenvalue weighted by molar-refractivity contribution is 5.99. The molecule has 1 heterocycles. The Labute approximate surface area is 120 Å². The van der Waals surface area contributed by atoms with Crippen molar-refractivity contribution in [3.05, 3.63) is 23.5 Å². The van der Waals surface area contributed by atoms with E-state index >= 15 is 0 Å². The van der Waals surface area contributed by atoms with Gasteiger partial charge < -0.3 is 9.47 Å². The molecule has 1 aromatic rings. The van der Waals surface area contributed by atoms with Crippen LogP contribution in [0.3, 0.4) is 0 Å². The van der Waals surface area contributed by atoms with Crippen LogP contribution in [0.1, 0.15) is 56.2 Å². The molecule has 0 aliphatic heterocycles. The lowest BCUT2D eigenvalue weighted by atomic mass is 9.76. The lowest BCUT2D eigenvalue weighted by Gasteiger charge is -2.31. The minimum absolute atomic E-state index is 0.0282. The first-order valence-electron chi connectivity index (χ1n) is 7.24. The highest BCUT2D eigenvalue weighted by Crippen LogP contribution is 2.36. The molecule has 0 aromatic carbocycles. The third kappa shape index (κ3) is 2.51. The van der Waals surface area contributed by atoms with E-state index in [0.717, 1.165) is 17.7 Å². The van der Waals surface area contributed by atoms with E-state index in [1.165, 1.54) is 0 Å². The number of hydrogen-bond donors (Lipinski definition) is 0. The van der Waals surface area contributed by atoms with E-state index in [9.17, 15) is 9.59 Å². The van der Waals surface area contributed by atoms with Gasteiger partial charge in [-0.25, -0.2) is 0 Å². The molecule has 1 unspecified atom stereocenters. The maximum Gasteiger partial charge on any atom is 0.245 e. The monoisotopic (exact) mass is 276 g/mol. The van der Waals surface area contributed by atoms with Crippen LogP contribution in [-0.4, -0.2) is 34.7 Å². The van der Waals surface area contributed by atoms with Gasteiger partial charge in [-0.3, -0.25) is 9.59 Å². The SMILES string of the molecule is CCN(C)C(=O)C(C)n1ccc2c1CC(C)(C)CC2=O. The van der Waals surface area contributed by atoms with E-state index < -0.39 is 0 Å². The lowest BCUT2D eigenvalue weighted by molar-refractivity contribution is -0.132. The number of fused-ring (bicyclic) bond motifs is 1. The zero-order valence-electron chi connectivity index (χ0n) is 13.1. The lowest BCUT2D eigenvalue weighted by Crippen LogP contribution is -2.35. The first kappa shape index (κ1) is 14.8. The Morgan fingerprint density at radius 3 is 2.70 bits per heavy atom. The van der Waals surface area contributed by atoms with Crippen LogP contribution >= 0.6 is 0 Å². The number of nitrogens with zero attached hydrogens (tertiary/aromatic N) is 2. The van der Waals surface area contributed by atoms with Crippen LogP contribution in [0.4, 0.5) is 0 Å². The molecule has 0 bridgehead atoms. The Kier molecular flexibility index (Phi) is 3.76. The van der Waals surface area contributed by atoms with Crippen molar-refractivity contribution in [2.75, 3.05) is 13.6 Å². The summed E-state index contributed by atoms with van der Waals surface area (Å²) in [5.41, 5.74) is 1.78. The van der Waals surface area contributed by atoms with Crippen molar-refractivity contribution in [3.63, 3.8) is 0 Å². The molecule has 1 atom stereocenters. The molecule has 1 aromatic heterocycles. The van der Waals surface area contributed by atoms with Gasteiger partial charge in [-0.15, -0.1) is 0 Å². The standard InChI is InChI=1S/C16H24N2O2/c1-6-17(5)15(20)11(2)18-8-7-12-13(18)9-16(3,4)10-14(12)19/h7-8,11H,6,9-10H2,1-5H3. The molecule has 0 N–H and O–H groups in total. The number of likely N-dealkylation sites (N-methyl/N-ethyl adjacent to an activating group) is 1. The summed E-state index contributed by atoms with van der Waals surface area (Å²) in [6, 6.07) is 1.60. The molecule has 0 fully saturated rings. The Bertz CT molecular complexity index is 543. The van der Waals surface area contributed by atoms with Gasteiger partial charge in [-0.2, -0.15) is 0 Å². The highest BCUT2D eigenvalue weighted by Gasteiger charge is 2.34. The Morgan fingerprint density at radius 1 is 1.45 bits per heavy atom. The van der Waals surface area contributed by atoms with E-state index in [4.69, 9.17) is 0 Å². The van der Waals surface area contributed by atoms with Crippen LogP contribution in [0, 0.1) is 5.41 Å². The summed E-state index contributed by atoms with van der Waals surface area (Å²) in [4.78, 5) is 26.2. The van der Waals surface area contributed by atoms with Crippen molar-refractivity contribution in [1.29, 1.82) is 0 Å². The molecule has 1 amide bonds. The van der Waals surface area contributed by atoms with Crippen LogP contribution in [0.25, 0.3) is 0 Å². The number of rotatable bonds is 3. The molecule has 0 saturated heterocycles. The second-order valence-electron chi connectivity index (χ2n) is 6.55. The van der Waals surface area contributed by atoms with Crippen molar-refractivity contribution < 1.29 is 9.59 Å². The zero-order valence-corrected chi connectivity index (χ0v) is 13.1. The van der Waals surface area contributed by atoms with Crippen LogP contribution in [0.15, 0.2) is 12.3 Å². The fraction of sp³-hybridized carbons (Fsp3) is 0.625. The van der Waals surface area contributed by atoms with Gasteiger partial charge >= 0.3 is 0 Å². The quantitative estimate of drug-likeness (QED) is 0.852. The van der Waals surface area contributed by atoms with Gasteiger partial charge in [0.05, 0.1) is 0 Å². The fourth-order valence-corrected chi connectivity index (χ4v) is 2.92. The maximum absolute atomic E-state index is 12.3. The number of aromatic nitrogens is 1. The third-order valence-electron chi connectivity index (χ3n) is 4.24. The van der Waals surface area contributed by atoms with Crippen molar-refractivity contribution in [1.82, 2.24) is 9.47 Å². The molecule has 2 rings (SSSR count). The molecule has 0 radical (unpaired) electrons. The first-order valence-corrected chi connectivity index (χ1v) is 7.24. The van der Waals surface area contributed by atoms with Crippen molar-refractivity contribution in [2.45, 2.75) is 46.6 Å². The normalized spacial score (nSPS) is 18.6. The Morgan fingerprint density at radius 2 is 2.10 bits per heavy atom. The first-order chi connectivity index (χ1) is 9.26. The molecule has 4 nitrogen and oxygen atoms in total. The van der Waals surface area contributed by atoms with Crippen LogP contribution in [-0.2, 0) is 11.2 Å². The summed E-state index contributed by atoms with van der Waals surface area (Å²) in [7, 11) is 1.81. The molecule has 1 aliphatic carbocycles. The third-order valence-corrected chi connectivity index (χ3v) is 4.24. The summed E-state index contributed by atoms with van der Waals surface area (Å²) < 4.78 is 1.97. The number of Topliss-reactive ketones (excluding diaryl/α,β-unsaturated/α-hetero) is 1. The molecule has 0 saturated carbocycles. The molecule has 110 valence electrons. The molecule has 0 spiro atoms. The van der Waals surface area contributed by atoms with Crippen LogP contribution in [0.5, 0.6) is 0 Å². The zero-order chi connectivity index (χ0) is 15.1. The van der Waals surface area contributed by atoms with Crippen LogP contribution < -0.4 is 0 Å². The van der Waals surface area contributed by atoms with Crippen molar-refractivity contribution in [2.24, 2.45) is 5.41 Å². The predicted octanol–water partition coefficient (Wildman–Crippen LogP) is 2.68. The second-order valence-corrected chi connectivity index (χ2v) is 6.55. The summed E-state index contributed by atoms with van der Waals surface area (Å²) in [5.74, 6) is 0.278. The summed E-state index contributed by atoms with van der Waals surface area (Å²) in [5, 5.41) is 0. The molecule has 4 heteroatoms. The molecular formula is C16H24N2O2. The van der Waals surface area contributed by atoms with E-state index in [0.29, 0.717) is 13.0 Å². The minimum atomic E-state index is -0.259. The maximum atomic E-state index is 12.3. The molecule has 1 aliphatic rings. The average Bonchev–Trinajstić information content (AvgIpc) is 2.78. The van der Waals surface area contributed by atoms with E-state index in [1.807, 2.05) is 37.7 Å². The number of ketones is 1. The number of hydrogen-bond acceptors (Lipinski definition) is 2. The van der Waals surface area contributed by atoms with Gasteiger partial charge in [0.15, 0.2) is 5.78 Å². The van der Waals surface area contributed by atoms with Gasteiger partial charge in [-0.05, 0) is 31.7 Å². The topological polar surface area (TPSA) is 42.3 Å². The van der Waals surface area contributed by atoms with Gasteiger partial charge in [0.2, 0.25) is 5.91 Å². The van der Waals surface area contributed by atoms with Crippen LogP contribution in [0.2, 0.25) is 0 Å². The molecular weight excluding hydrogens is 252 g/mol. The van der Waals surface area contributed by atoms with E-state index in [-0.39, 0.29) is 23.1 Å². The highest BCUT2D eigenvalue weighted by atomic mass is 16.2. The van der Waals surface area contributed by atoms with Gasteiger partial charge in [-0.1, -0.05) is 13.8 Å². The van der Waals surface area contributed by atoms with E-state index in [1.54, 1.807) is 4.90 Å². The van der Waals surface area contributed by atoms with Gasteiger partial charge in [0.1, 0.15) is 6.04 Å². The van der Waals surface area contributed by atoms with Gasteiger partial charge in [0, 0.05) is 37.5 Å². The second kappa shape index (κ2) is 5.08. The average molecular weight is 276 g/mol. The number of amides is 1. The minimum Gasteiger partial charge on any atom is -0.344 e. The predicted molar refractivity (Wildman–Crippen MR) is 78.9 cm³/mol. The van der Waals surface area contributed by atoms with Gasteiger partial charge in [0.25, 0.3) is 0 Å². The fourth-order valence-electron chi connectivity index (χ4n) is 2.92. The number of carbonyl (C=O) groups is 2. The summed E-state index contributed by atoms with van der Waals surface area (Å²) in [6.45, 7) is 8.77. The van der Waals surface area contributed by atoms with Crippen molar-refractivity contribution >= 4 is 11.7 Å². The Balaban J connectivity index is 2.36. The molecule has 20 heavy (non-hydrogen) atoms. The van der Waals surface area contributed by atoms with Crippen molar-refractivity contribution in [3.8, 4) is 0 Å². The smallest absolute Gasteiger partial charge is 0.245 e. The number of carbonyl (C=O) groups excluding carboxylic acids is 2. The summed E-state index contributed by atoms with van der Waals surface area (Å²) in [6.07, 6.45) is 3.31. The largest absolute Gasteiger partial charge is 0.344 e. The van der Waals surface area contributed by atoms with E-state index in [2.05, 4.69) is 13.8 Å². The summed E-state index contributed by atoms with van der Waals surface area (Å²) >= 11 is 0.